The van der Waals surface area contributed by atoms with Crippen LogP contribution in [-0.2, 0) is 14.3 Å². The highest BCUT2D eigenvalue weighted by Gasteiger charge is 2.48. The van der Waals surface area contributed by atoms with Gasteiger partial charge in [0.2, 0.25) is 0 Å². The van der Waals surface area contributed by atoms with E-state index in [-0.39, 0.29) is 0 Å². The van der Waals surface area contributed by atoms with Crippen LogP contribution in [0.15, 0.2) is 54.6 Å². The fraction of sp³-hybridized carbons (Fsp3) is 0.364. The topological polar surface area (TPSA) is 97.3 Å². The Morgan fingerprint density at radius 1 is 1.03 bits per heavy atom. The molecule has 160 valence electrons. The van der Waals surface area contributed by atoms with Crippen molar-refractivity contribution < 1.29 is 28.9 Å². The molecule has 2 N–H and O–H groups in total. The highest BCUT2D eigenvalue weighted by atomic mass is 16.6. The minimum absolute atomic E-state index is 0.651. The Kier molecular flexibility index (Phi) is 6.28. The van der Waals surface area contributed by atoms with Crippen molar-refractivity contribution in [1.82, 2.24) is 10.4 Å². The Hall–Kier alpha value is -3.10. The van der Waals surface area contributed by atoms with Gasteiger partial charge < -0.3 is 19.3 Å². The third-order valence-electron chi connectivity index (χ3n) is 4.52. The van der Waals surface area contributed by atoms with Crippen molar-refractivity contribution in [3.8, 4) is 5.75 Å². The zero-order valence-electron chi connectivity index (χ0n) is 17.4. The number of ether oxygens (including phenoxy) is 3. The summed E-state index contributed by atoms with van der Waals surface area (Å²) in [5, 5.41) is 11.3. The van der Waals surface area contributed by atoms with E-state index in [0.717, 1.165) is 0 Å². The Balaban J connectivity index is 2.00. The molecule has 0 aromatic heterocycles. The quantitative estimate of drug-likeness (QED) is 0.771. The molecule has 8 nitrogen and oxygen atoms in total. The molecule has 1 saturated heterocycles. The Bertz CT molecular complexity index is 879. The number of hydrogen-bond acceptors (Lipinski definition) is 6. The van der Waals surface area contributed by atoms with Crippen molar-refractivity contribution >= 4 is 12.1 Å². The molecule has 8 heteroatoms. The molecule has 0 radical (unpaired) electrons. The monoisotopic (exact) mass is 414 g/mol. The van der Waals surface area contributed by atoms with Crippen LogP contribution in [0, 0.1) is 0 Å². The molecule has 0 aliphatic carbocycles. The van der Waals surface area contributed by atoms with Gasteiger partial charge in [0.05, 0.1) is 13.2 Å². The van der Waals surface area contributed by atoms with Gasteiger partial charge in [0, 0.05) is 0 Å². The summed E-state index contributed by atoms with van der Waals surface area (Å²) in [6, 6.07) is 15.3. The summed E-state index contributed by atoms with van der Waals surface area (Å²) in [6.07, 6.45) is -2.74. The lowest BCUT2D eigenvalue weighted by atomic mass is 10.0. The fourth-order valence-electron chi connectivity index (χ4n) is 3.29. The van der Waals surface area contributed by atoms with Gasteiger partial charge in [-0.05, 0) is 44.0 Å². The third kappa shape index (κ3) is 4.90. The highest BCUT2D eigenvalue weighted by Crippen LogP contribution is 2.42. The van der Waals surface area contributed by atoms with Crippen molar-refractivity contribution in [3.05, 3.63) is 65.7 Å². The van der Waals surface area contributed by atoms with Gasteiger partial charge in [0.1, 0.15) is 11.4 Å². The Labute approximate surface area is 175 Å². The molecule has 2 unspecified atom stereocenters. The highest BCUT2D eigenvalue weighted by molar-refractivity contribution is 5.74. The van der Waals surface area contributed by atoms with E-state index in [0.29, 0.717) is 16.9 Å². The summed E-state index contributed by atoms with van der Waals surface area (Å²) in [5.74, 6) is -0.478. The van der Waals surface area contributed by atoms with E-state index < -0.39 is 36.0 Å². The first kappa shape index (κ1) is 21.6. The number of aliphatic carboxylic acids is 1. The molecule has 0 saturated carbocycles. The summed E-state index contributed by atoms with van der Waals surface area (Å²) in [7, 11) is 1.56. The fourth-order valence-corrected chi connectivity index (χ4v) is 3.29. The van der Waals surface area contributed by atoms with E-state index in [4.69, 9.17) is 14.2 Å². The van der Waals surface area contributed by atoms with Crippen molar-refractivity contribution in [1.29, 1.82) is 0 Å². The van der Waals surface area contributed by atoms with E-state index in [1.165, 1.54) is 5.01 Å². The van der Waals surface area contributed by atoms with Gasteiger partial charge in [-0.25, -0.2) is 9.59 Å². The summed E-state index contributed by atoms with van der Waals surface area (Å²) in [4.78, 5) is 24.6. The summed E-state index contributed by atoms with van der Waals surface area (Å²) >= 11 is 0. The molecule has 3 rings (SSSR count). The van der Waals surface area contributed by atoms with Gasteiger partial charge in [0.15, 0.2) is 12.3 Å². The molecule has 3 atom stereocenters. The van der Waals surface area contributed by atoms with Crippen molar-refractivity contribution in [3.63, 3.8) is 0 Å². The lowest BCUT2D eigenvalue weighted by molar-refractivity contribution is -0.150. The van der Waals surface area contributed by atoms with Crippen LogP contribution in [0.5, 0.6) is 5.75 Å². The molecule has 1 aliphatic rings. The molecule has 2 aromatic rings. The summed E-state index contributed by atoms with van der Waals surface area (Å²) < 4.78 is 16.5. The maximum Gasteiger partial charge on any atom is 0.422 e. The number of hydrogen-bond donors (Lipinski definition) is 2. The van der Waals surface area contributed by atoms with Gasteiger partial charge in [-0.3, -0.25) is 5.43 Å². The molecular weight excluding hydrogens is 388 g/mol. The number of hydrazine groups is 1. The first-order valence-corrected chi connectivity index (χ1v) is 9.55. The number of rotatable bonds is 5. The maximum atomic E-state index is 12.5. The molecule has 0 bridgehead atoms. The van der Waals surface area contributed by atoms with Crippen molar-refractivity contribution in [2.45, 2.75) is 44.7 Å². The number of carboxylic acid groups (broad SMARTS) is 1. The molecule has 0 spiro atoms. The van der Waals surface area contributed by atoms with Gasteiger partial charge in [-0.2, -0.15) is 5.01 Å². The van der Waals surface area contributed by atoms with E-state index in [2.05, 4.69) is 5.43 Å². The first-order chi connectivity index (χ1) is 14.2. The number of carboxylic acids is 1. The lowest BCUT2D eigenvalue weighted by Crippen LogP contribution is -2.46. The largest absolute Gasteiger partial charge is 0.497 e. The summed E-state index contributed by atoms with van der Waals surface area (Å²) in [5.41, 5.74) is 3.34. The predicted molar refractivity (Wildman–Crippen MR) is 109 cm³/mol. The standard InChI is InChI=1S/C22H26N2O6/c1-22(2,3)30-21(27)23-24-17(14-8-6-5-7-9-14)18(20(25)26)29-19(24)15-10-12-16(28-4)13-11-15/h5-13,17-19H,1-4H3,(H,23,27)(H,25,26)/t17?,18?,19-/m1/s1. The van der Waals surface area contributed by atoms with Crippen molar-refractivity contribution in [2.24, 2.45) is 0 Å². The molecule has 2 aromatic carbocycles. The molecular formula is C22H26N2O6. The molecule has 1 fully saturated rings. The Morgan fingerprint density at radius 2 is 1.67 bits per heavy atom. The number of amides is 1. The van der Waals surface area contributed by atoms with Crippen LogP contribution in [0.2, 0.25) is 0 Å². The van der Waals surface area contributed by atoms with Gasteiger partial charge in [-0.1, -0.05) is 42.5 Å². The third-order valence-corrected chi connectivity index (χ3v) is 4.52. The molecule has 30 heavy (non-hydrogen) atoms. The van der Waals surface area contributed by atoms with Crippen LogP contribution >= 0.6 is 0 Å². The number of carbonyl (C=O) groups excluding carboxylic acids is 1. The van der Waals surface area contributed by atoms with E-state index in [9.17, 15) is 14.7 Å². The number of methoxy groups -OCH3 is 1. The average molecular weight is 414 g/mol. The van der Waals surface area contributed by atoms with E-state index in [1.807, 2.05) is 6.07 Å². The van der Waals surface area contributed by atoms with Crippen LogP contribution in [0.1, 0.15) is 44.2 Å². The minimum Gasteiger partial charge on any atom is -0.497 e. The lowest BCUT2D eigenvalue weighted by Gasteiger charge is -2.30. The van der Waals surface area contributed by atoms with Crippen LogP contribution in [0.4, 0.5) is 4.79 Å². The van der Waals surface area contributed by atoms with Gasteiger partial charge >= 0.3 is 12.1 Å². The normalized spacial score (nSPS) is 21.8. The van der Waals surface area contributed by atoms with Crippen LogP contribution in [0.3, 0.4) is 0 Å². The zero-order chi connectivity index (χ0) is 21.9. The second-order valence-corrected chi connectivity index (χ2v) is 7.90. The summed E-state index contributed by atoms with van der Waals surface area (Å²) in [6.45, 7) is 5.26. The zero-order valence-corrected chi connectivity index (χ0v) is 17.4. The number of nitrogens with one attached hydrogen (secondary N) is 1. The number of benzene rings is 2. The van der Waals surface area contributed by atoms with Crippen molar-refractivity contribution in [2.75, 3.05) is 7.11 Å². The maximum absolute atomic E-state index is 12.5. The van der Waals surface area contributed by atoms with E-state index in [1.54, 1.807) is 76.4 Å². The molecule has 1 aliphatic heterocycles. The first-order valence-electron chi connectivity index (χ1n) is 9.55. The number of carbonyl (C=O) groups is 2. The van der Waals surface area contributed by atoms with E-state index >= 15 is 0 Å². The SMILES string of the molecule is COc1ccc([C@H]2OC(C(=O)O)C(c3ccccc3)N2NC(=O)OC(C)(C)C)cc1. The van der Waals surface area contributed by atoms with Crippen LogP contribution < -0.4 is 10.2 Å². The smallest absolute Gasteiger partial charge is 0.422 e. The number of nitrogens with zero attached hydrogens (tertiary/aromatic N) is 1. The van der Waals surface area contributed by atoms with Crippen LogP contribution in [-0.4, -0.2) is 41.0 Å². The second-order valence-electron chi connectivity index (χ2n) is 7.90. The molecule has 1 amide bonds. The second kappa shape index (κ2) is 8.73. The molecule has 1 heterocycles. The predicted octanol–water partition coefficient (Wildman–Crippen LogP) is 3.66. The Morgan fingerprint density at radius 3 is 2.20 bits per heavy atom. The van der Waals surface area contributed by atoms with Gasteiger partial charge in [-0.15, -0.1) is 0 Å². The van der Waals surface area contributed by atoms with Gasteiger partial charge in [0.25, 0.3) is 0 Å². The average Bonchev–Trinajstić information content (AvgIpc) is 3.06. The van der Waals surface area contributed by atoms with Crippen LogP contribution in [0.25, 0.3) is 0 Å². The minimum atomic E-state index is -1.20.